The van der Waals surface area contributed by atoms with Crippen molar-refractivity contribution in [2.75, 3.05) is 18.0 Å². The van der Waals surface area contributed by atoms with E-state index in [0.29, 0.717) is 5.56 Å². The molecule has 2 aliphatic rings. The molecule has 1 saturated heterocycles. The van der Waals surface area contributed by atoms with Gasteiger partial charge in [-0.1, -0.05) is 19.3 Å². The van der Waals surface area contributed by atoms with Crippen molar-refractivity contribution < 1.29 is 0 Å². The molecule has 1 saturated carbocycles. The maximum atomic E-state index is 9.53. The highest BCUT2D eigenvalue weighted by atomic mass is 15.2. The van der Waals surface area contributed by atoms with Crippen molar-refractivity contribution in [2.45, 2.75) is 32.1 Å². The van der Waals surface area contributed by atoms with E-state index in [4.69, 9.17) is 0 Å². The van der Waals surface area contributed by atoms with Crippen molar-refractivity contribution in [1.29, 1.82) is 5.26 Å². The number of hydrogen-bond donors (Lipinski definition) is 1. The summed E-state index contributed by atoms with van der Waals surface area (Å²) in [6, 6.07) is 6.27. The first-order valence-corrected chi connectivity index (χ1v) is 7.98. The number of fused-ring (bicyclic) bond motifs is 2. The van der Waals surface area contributed by atoms with E-state index >= 15 is 0 Å². The molecular weight excluding hydrogens is 260 g/mol. The summed E-state index contributed by atoms with van der Waals surface area (Å²) in [7, 11) is 0. The molecule has 0 amide bonds. The summed E-state index contributed by atoms with van der Waals surface area (Å²) in [5, 5.41) is 9.53. The predicted molar refractivity (Wildman–Crippen MR) is 83.1 cm³/mol. The summed E-state index contributed by atoms with van der Waals surface area (Å²) in [5.41, 5.74) is 2.48. The Morgan fingerprint density at radius 3 is 2.95 bits per heavy atom. The van der Waals surface area contributed by atoms with Gasteiger partial charge in [0.2, 0.25) is 0 Å². The normalized spacial score (nSPS) is 25.6. The van der Waals surface area contributed by atoms with Crippen LogP contribution in [0.1, 0.15) is 37.7 Å². The van der Waals surface area contributed by atoms with E-state index in [1.54, 1.807) is 6.20 Å². The van der Waals surface area contributed by atoms with E-state index in [9.17, 15) is 5.26 Å². The fraction of sp³-hybridized carbons (Fsp3) is 0.529. The molecule has 21 heavy (non-hydrogen) atoms. The third kappa shape index (κ3) is 2.08. The zero-order valence-corrected chi connectivity index (χ0v) is 12.2. The van der Waals surface area contributed by atoms with E-state index < -0.39 is 0 Å². The highest BCUT2D eigenvalue weighted by molar-refractivity contribution is 5.88. The maximum Gasteiger partial charge on any atom is 0.126 e. The molecular formula is C17H20N4. The molecule has 2 aromatic rings. The largest absolute Gasteiger partial charge is 0.357 e. The second-order valence-corrected chi connectivity index (χ2v) is 6.40. The van der Waals surface area contributed by atoms with Crippen LogP contribution in [-0.4, -0.2) is 23.1 Å². The first-order chi connectivity index (χ1) is 10.4. The lowest BCUT2D eigenvalue weighted by Crippen LogP contribution is -2.42. The summed E-state index contributed by atoms with van der Waals surface area (Å²) in [5.74, 6) is 2.69. The first-order valence-electron chi connectivity index (χ1n) is 7.98. The number of rotatable bonds is 1. The van der Waals surface area contributed by atoms with Crippen molar-refractivity contribution in [3.63, 3.8) is 0 Å². The number of nitriles is 1. The maximum absolute atomic E-state index is 9.53. The second kappa shape index (κ2) is 5.07. The highest BCUT2D eigenvalue weighted by Gasteiger charge is 2.32. The number of pyridine rings is 1. The van der Waals surface area contributed by atoms with E-state index in [1.807, 2.05) is 12.1 Å². The summed E-state index contributed by atoms with van der Waals surface area (Å²) in [4.78, 5) is 10.2. The number of aromatic nitrogens is 2. The average molecular weight is 280 g/mol. The number of nitrogens with one attached hydrogen (secondary N) is 1. The molecule has 3 heterocycles. The fourth-order valence-corrected chi connectivity index (χ4v) is 4.15. The van der Waals surface area contributed by atoms with E-state index in [2.05, 4.69) is 20.9 Å². The lowest BCUT2D eigenvalue weighted by Gasteiger charge is -2.41. The molecule has 4 rings (SSSR count). The van der Waals surface area contributed by atoms with Crippen molar-refractivity contribution in [1.82, 2.24) is 9.97 Å². The van der Waals surface area contributed by atoms with Crippen molar-refractivity contribution >= 4 is 16.9 Å². The molecule has 4 heteroatoms. The molecule has 0 bridgehead atoms. The minimum Gasteiger partial charge on any atom is -0.357 e. The number of aromatic amines is 1. The van der Waals surface area contributed by atoms with Crippen LogP contribution in [0.2, 0.25) is 0 Å². The Kier molecular flexibility index (Phi) is 3.07. The first kappa shape index (κ1) is 12.7. The van der Waals surface area contributed by atoms with Crippen LogP contribution >= 0.6 is 0 Å². The van der Waals surface area contributed by atoms with Crippen LogP contribution in [0.25, 0.3) is 11.0 Å². The Balaban J connectivity index is 1.69. The lowest BCUT2D eigenvalue weighted by molar-refractivity contribution is 0.202. The van der Waals surface area contributed by atoms with E-state index in [-0.39, 0.29) is 0 Å². The molecule has 2 unspecified atom stereocenters. The lowest BCUT2D eigenvalue weighted by atomic mass is 9.75. The van der Waals surface area contributed by atoms with Crippen LogP contribution in [-0.2, 0) is 0 Å². The van der Waals surface area contributed by atoms with Gasteiger partial charge < -0.3 is 9.88 Å². The predicted octanol–water partition coefficient (Wildman–Crippen LogP) is 3.45. The van der Waals surface area contributed by atoms with Crippen LogP contribution < -0.4 is 4.90 Å². The minimum atomic E-state index is 0.708. The zero-order valence-electron chi connectivity index (χ0n) is 12.2. The van der Waals surface area contributed by atoms with Crippen molar-refractivity contribution in [3.05, 3.63) is 23.9 Å². The van der Waals surface area contributed by atoms with Crippen LogP contribution in [0.5, 0.6) is 0 Å². The number of piperidine rings is 1. The van der Waals surface area contributed by atoms with Gasteiger partial charge >= 0.3 is 0 Å². The SMILES string of the molecule is N#Cc1c(N2CCC3CCCCC3C2)[nH]c2cccnc12. The van der Waals surface area contributed by atoms with Gasteiger partial charge in [-0.3, -0.25) is 4.98 Å². The molecule has 108 valence electrons. The molecule has 1 aliphatic carbocycles. The standard InChI is InChI=1S/C17H20N4/c18-10-14-16-15(6-3-8-19-16)20-17(14)21-9-7-12-4-1-2-5-13(12)11-21/h3,6,8,12-13,20H,1-2,4-5,7,9,11H2. The minimum absolute atomic E-state index is 0.708. The van der Waals surface area contributed by atoms with Crippen LogP contribution in [0.15, 0.2) is 18.3 Å². The summed E-state index contributed by atoms with van der Waals surface area (Å²) in [6.07, 6.45) is 8.54. The summed E-state index contributed by atoms with van der Waals surface area (Å²) >= 11 is 0. The Morgan fingerprint density at radius 2 is 2.10 bits per heavy atom. The molecule has 4 nitrogen and oxygen atoms in total. The Bertz CT molecular complexity index is 696. The highest BCUT2D eigenvalue weighted by Crippen LogP contribution is 2.38. The third-order valence-corrected chi connectivity index (χ3v) is 5.25. The van der Waals surface area contributed by atoms with Crippen molar-refractivity contribution in [2.24, 2.45) is 11.8 Å². The Morgan fingerprint density at radius 1 is 1.24 bits per heavy atom. The molecule has 0 spiro atoms. The molecule has 2 aromatic heterocycles. The van der Waals surface area contributed by atoms with Gasteiger partial charge in [-0.2, -0.15) is 5.26 Å². The molecule has 2 atom stereocenters. The van der Waals surface area contributed by atoms with Gasteiger partial charge in [-0.15, -0.1) is 0 Å². The fourth-order valence-electron chi connectivity index (χ4n) is 4.15. The number of H-pyrrole nitrogens is 1. The van der Waals surface area contributed by atoms with Gasteiger partial charge in [0.1, 0.15) is 23.0 Å². The second-order valence-electron chi connectivity index (χ2n) is 6.40. The Labute approximate surface area is 124 Å². The Hall–Kier alpha value is -2.02. The van der Waals surface area contributed by atoms with Gasteiger partial charge in [-0.05, 0) is 36.8 Å². The van der Waals surface area contributed by atoms with Gasteiger partial charge in [0.15, 0.2) is 0 Å². The number of hydrogen-bond acceptors (Lipinski definition) is 3. The molecule has 2 fully saturated rings. The van der Waals surface area contributed by atoms with E-state index in [0.717, 1.165) is 41.8 Å². The van der Waals surface area contributed by atoms with Gasteiger partial charge in [0.05, 0.1) is 5.52 Å². The third-order valence-electron chi connectivity index (χ3n) is 5.25. The number of nitrogens with zero attached hydrogens (tertiary/aromatic N) is 3. The molecule has 0 radical (unpaired) electrons. The van der Waals surface area contributed by atoms with Gasteiger partial charge in [-0.25, -0.2) is 0 Å². The van der Waals surface area contributed by atoms with E-state index in [1.165, 1.54) is 32.1 Å². The molecule has 0 aromatic carbocycles. The summed E-state index contributed by atoms with van der Waals surface area (Å²) < 4.78 is 0. The van der Waals surface area contributed by atoms with Crippen LogP contribution in [0.3, 0.4) is 0 Å². The summed E-state index contributed by atoms with van der Waals surface area (Å²) in [6.45, 7) is 2.15. The monoisotopic (exact) mass is 280 g/mol. The van der Waals surface area contributed by atoms with Gasteiger partial charge in [0, 0.05) is 19.3 Å². The number of anilines is 1. The van der Waals surface area contributed by atoms with Gasteiger partial charge in [0.25, 0.3) is 0 Å². The topological polar surface area (TPSA) is 55.7 Å². The average Bonchev–Trinajstić information content (AvgIpc) is 2.93. The quantitative estimate of drug-likeness (QED) is 0.870. The smallest absolute Gasteiger partial charge is 0.126 e. The van der Waals surface area contributed by atoms with Crippen molar-refractivity contribution in [3.8, 4) is 6.07 Å². The van der Waals surface area contributed by atoms with Crippen LogP contribution in [0.4, 0.5) is 5.82 Å². The zero-order chi connectivity index (χ0) is 14.2. The molecule has 1 aliphatic heterocycles. The van der Waals surface area contributed by atoms with Crippen LogP contribution in [0, 0.1) is 23.2 Å². The molecule has 1 N–H and O–H groups in total.